The van der Waals surface area contributed by atoms with Crippen molar-refractivity contribution in [2.75, 3.05) is 19.6 Å². The van der Waals surface area contributed by atoms with Crippen LogP contribution >= 0.6 is 0 Å². The van der Waals surface area contributed by atoms with Crippen LogP contribution in [0.25, 0.3) is 16.9 Å². The van der Waals surface area contributed by atoms with Crippen LogP contribution in [0.2, 0.25) is 0 Å². The molecule has 1 aromatic heterocycles. The Hall–Kier alpha value is -2.99. The number of rotatable bonds is 4. The van der Waals surface area contributed by atoms with Crippen LogP contribution in [0.15, 0.2) is 60.8 Å². The van der Waals surface area contributed by atoms with Gasteiger partial charge in [0.2, 0.25) is 5.91 Å². The van der Waals surface area contributed by atoms with Crippen LogP contribution in [0.4, 0.5) is 4.39 Å². The molecule has 1 atom stereocenters. The molecule has 2 aromatic carbocycles. The van der Waals surface area contributed by atoms with Gasteiger partial charge in [-0.15, -0.1) is 0 Å². The Morgan fingerprint density at radius 3 is 2.64 bits per heavy atom. The van der Waals surface area contributed by atoms with E-state index in [1.165, 1.54) is 12.1 Å². The molecule has 0 radical (unpaired) electrons. The van der Waals surface area contributed by atoms with Crippen LogP contribution in [-0.4, -0.2) is 46.3 Å². The van der Waals surface area contributed by atoms with Gasteiger partial charge in [-0.3, -0.25) is 4.79 Å². The molecule has 1 saturated heterocycles. The molecular weight excluding hydrogens is 355 g/mol. The molecule has 4 rings (SSSR count). The van der Waals surface area contributed by atoms with Crippen molar-refractivity contribution >= 4 is 5.91 Å². The molecule has 0 unspecified atom stereocenters. The normalized spacial score (nSPS) is 16.9. The van der Waals surface area contributed by atoms with Crippen molar-refractivity contribution in [2.45, 2.75) is 19.4 Å². The number of halogens is 1. The topological polar surface area (TPSA) is 50.2 Å². The second kappa shape index (κ2) is 7.94. The van der Waals surface area contributed by atoms with Crippen molar-refractivity contribution in [3.05, 3.63) is 72.2 Å². The lowest BCUT2D eigenvalue weighted by atomic mass is 10.0. The Balaban J connectivity index is 1.69. The average Bonchev–Trinajstić information content (AvgIpc) is 3.13. The molecule has 1 fully saturated rings. The molecule has 1 amide bonds. The Kier molecular flexibility index (Phi) is 5.21. The number of hydrogen-bond acceptors (Lipinski definition) is 3. The Morgan fingerprint density at radius 1 is 1.18 bits per heavy atom. The van der Waals surface area contributed by atoms with Crippen LogP contribution in [0.3, 0.4) is 0 Å². The Bertz CT molecular complexity index is 952. The fourth-order valence-electron chi connectivity index (χ4n) is 3.58. The molecule has 1 aliphatic rings. The molecule has 0 bridgehead atoms. The van der Waals surface area contributed by atoms with Gasteiger partial charge in [-0.25, -0.2) is 9.07 Å². The lowest BCUT2D eigenvalue weighted by Gasteiger charge is -2.34. The molecule has 3 aromatic rings. The summed E-state index contributed by atoms with van der Waals surface area (Å²) >= 11 is 0. The van der Waals surface area contributed by atoms with Crippen LogP contribution in [0.5, 0.6) is 0 Å². The number of nitrogens with zero attached hydrogens (tertiary/aromatic N) is 3. The first-order chi connectivity index (χ1) is 13.6. The lowest BCUT2D eigenvalue weighted by Crippen LogP contribution is -2.52. The van der Waals surface area contributed by atoms with Crippen molar-refractivity contribution in [1.29, 1.82) is 0 Å². The van der Waals surface area contributed by atoms with Gasteiger partial charge in [0.05, 0.1) is 17.8 Å². The number of amides is 1. The summed E-state index contributed by atoms with van der Waals surface area (Å²) in [6.45, 7) is 4.38. The van der Waals surface area contributed by atoms with Crippen molar-refractivity contribution in [1.82, 2.24) is 20.0 Å². The zero-order chi connectivity index (χ0) is 19.5. The molecular formula is C22H23FN4O. The van der Waals surface area contributed by atoms with Gasteiger partial charge >= 0.3 is 0 Å². The van der Waals surface area contributed by atoms with E-state index in [1.807, 2.05) is 41.4 Å². The van der Waals surface area contributed by atoms with E-state index in [0.717, 1.165) is 29.9 Å². The van der Waals surface area contributed by atoms with Crippen LogP contribution in [0.1, 0.15) is 12.5 Å². The number of benzene rings is 2. The zero-order valence-corrected chi connectivity index (χ0v) is 15.8. The molecule has 0 saturated carbocycles. The van der Waals surface area contributed by atoms with Crippen LogP contribution in [0, 0.1) is 5.82 Å². The van der Waals surface area contributed by atoms with Gasteiger partial charge in [-0.2, -0.15) is 5.10 Å². The Morgan fingerprint density at radius 2 is 1.93 bits per heavy atom. The van der Waals surface area contributed by atoms with Gasteiger partial charge in [0, 0.05) is 43.0 Å². The van der Waals surface area contributed by atoms with E-state index < -0.39 is 0 Å². The first-order valence-corrected chi connectivity index (χ1v) is 9.52. The summed E-state index contributed by atoms with van der Waals surface area (Å²) in [5.41, 5.74) is 3.26. The van der Waals surface area contributed by atoms with Crippen molar-refractivity contribution in [3.8, 4) is 16.9 Å². The van der Waals surface area contributed by atoms with E-state index in [1.54, 1.807) is 16.8 Å². The van der Waals surface area contributed by atoms with Crippen molar-refractivity contribution in [2.24, 2.45) is 0 Å². The number of hydrogen-bond donors (Lipinski definition) is 1. The van der Waals surface area contributed by atoms with E-state index in [0.29, 0.717) is 12.2 Å². The highest BCUT2D eigenvalue weighted by Crippen LogP contribution is 2.25. The minimum absolute atomic E-state index is 0.0879. The number of carbonyl (C=O) groups excluding carboxylic acids is 1. The fourth-order valence-corrected chi connectivity index (χ4v) is 3.58. The second-order valence-electron chi connectivity index (χ2n) is 7.11. The molecule has 0 spiro atoms. The van der Waals surface area contributed by atoms with Crippen molar-refractivity contribution < 1.29 is 9.18 Å². The van der Waals surface area contributed by atoms with Gasteiger partial charge in [0.1, 0.15) is 5.82 Å². The van der Waals surface area contributed by atoms with Crippen LogP contribution in [-0.2, 0) is 11.2 Å². The third-order valence-electron chi connectivity index (χ3n) is 5.09. The molecule has 6 heteroatoms. The predicted octanol–water partition coefficient (Wildman–Crippen LogP) is 3.04. The minimum Gasteiger partial charge on any atom is -0.337 e. The molecule has 144 valence electrons. The lowest BCUT2D eigenvalue weighted by molar-refractivity contribution is -0.133. The Labute approximate surface area is 163 Å². The standard InChI is InChI=1S/C22H23FN4O/c1-16-14-24-11-12-26(16)21(28)13-18-15-27(20-5-3-2-4-6-20)25-22(18)17-7-9-19(23)10-8-17/h2-10,15-16,24H,11-14H2,1H3/t16-/m1/s1. The third kappa shape index (κ3) is 3.82. The molecule has 28 heavy (non-hydrogen) atoms. The fraction of sp³-hybridized carbons (Fsp3) is 0.273. The predicted molar refractivity (Wildman–Crippen MR) is 107 cm³/mol. The summed E-state index contributed by atoms with van der Waals surface area (Å²) in [5, 5.41) is 8.01. The minimum atomic E-state index is -0.293. The first-order valence-electron chi connectivity index (χ1n) is 9.52. The first kappa shape index (κ1) is 18.4. The van der Waals surface area contributed by atoms with Crippen LogP contribution < -0.4 is 5.32 Å². The maximum Gasteiger partial charge on any atom is 0.227 e. The summed E-state index contributed by atoms with van der Waals surface area (Å²) in [7, 11) is 0. The highest BCUT2D eigenvalue weighted by Gasteiger charge is 2.25. The number of carbonyl (C=O) groups is 1. The number of aromatic nitrogens is 2. The van der Waals surface area contributed by atoms with Gasteiger partial charge in [0.25, 0.3) is 0 Å². The summed E-state index contributed by atoms with van der Waals surface area (Å²) in [6.07, 6.45) is 2.17. The summed E-state index contributed by atoms with van der Waals surface area (Å²) in [4.78, 5) is 14.9. The molecule has 2 heterocycles. The summed E-state index contributed by atoms with van der Waals surface area (Å²) < 4.78 is 15.2. The van der Waals surface area contributed by atoms with Gasteiger partial charge in [-0.1, -0.05) is 18.2 Å². The summed E-state index contributed by atoms with van der Waals surface area (Å²) in [5.74, 6) is -0.205. The third-order valence-corrected chi connectivity index (χ3v) is 5.09. The van der Waals surface area contributed by atoms with Gasteiger partial charge < -0.3 is 10.2 Å². The number of nitrogens with one attached hydrogen (secondary N) is 1. The molecule has 0 aliphatic carbocycles. The van der Waals surface area contributed by atoms with E-state index >= 15 is 0 Å². The maximum atomic E-state index is 13.4. The maximum absolute atomic E-state index is 13.4. The molecule has 1 aliphatic heterocycles. The average molecular weight is 378 g/mol. The number of para-hydroxylation sites is 1. The van der Waals surface area contributed by atoms with Gasteiger partial charge in [0.15, 0.2) is 0 Å². The number of piperazine rings is 1. The SMILES string of the molecule is C[C@@H]1CNCCN1C(=O)Cc1cn(-c2ccccc2)nc1-c1ccc(F)cc1. The highest BCUT2D eigenvalue weighted by atomic mass is 19.1. The highest BCUT2D eigenvalue weighted by molar-refractivity contribution is 5.81. The van der Waals surface area contributed by atoms with E-state index in [4.69, 9.17) is 5.10 Å². The van der Waals surface area contributed by atoms with Gasteiger partial charge in [-0.05, 0) is 43.3 Å². The summed E-state index contributed by atoms with van der Waals surface area (Å²) in [6, 6.07) is 16.2. The quantitative estimate of drug-likeness (QED) is 0.759. The zero-order valence-electron chi connectivity index (χ0n) is 15.8. The smallest absolute Gasteiger partial charge is 0.227 e. The molecule has 5 nitrogen and oxygen atoms in total. The monoisotopic (exact) mass is 378 g/mol. The molecule has 1 N–H and O–H groups in total. The van der Waals surface area contributed by atoms with E-state index in [-0.39, 0.29) is 24.2 Å². The second-order valence-corrected chi connectivity index (χ2v) is 7.11. The largest absolute Gasteiger partial charge is 0.337 e. The van der Waals surface area contributed by atoms with E-state index in [2.05, 4.69) is 12.2 Å². The van der Waals surface area contributed by atoms with Crippen molar-refractivity contribution in [3.63, 3.8) is 0 Å². The van der Waals surface area contributed by atoms with E-state index in [9.17, 15) is 9.18 Å².